The number of urea groups is 1. The number of nitrogens with zero attached hydrogens (tertiary/aromatic N) is 2. The lowest BCUT2D eigenvalue weighted by Crippen LogP contribution is -2.48. The van der Waals surface area contributed by atoms with Gasteiger partial charge in [0.2, 0.25) is 5.91 Å². The van der Waals surface area contributed by atoms with Gasteiger partial charge in [0, 0.05) is 33.1 Å². The Labute approximate surface area is 118 Å². The second-order valence-corrected chi connectivity index (χ2v) is 5.25. The standard InChI is InChI=1S/C13H23N3O4/c1-4-10(12(18)19)14-11(17)9-5-7-16(8-6-9)13(20)15(2)3/h9-10H,4-8H2,1-3H3,(H,14,17)(H,18,19). The summed E-state index contributed by atoms with van der Waals surface area (Å²) in [5, 5.41) is 11.5. The predicted molar refractivity (Wildman–Crippen MR) is 73.2 cm³/mol. The van der Waals surface area contributed by atoms with E-state index in [1.807, 2.05) is 0 Å². The molecule has 0 aromatic heterocycles. The minimum Gasteiger partial charge on any atom is -0.480 e. The van der Waals surface area contributed by atoms with Gasteiger partial charge >= 0.3 is 12.0 Å². The zero-order valence-corrected chi connectivity index (χ0v) is 12.3. The first-order valence-corrected chi connectivity index (χ1v) is 6.86. The van der Waals surface area contributed by atoms with Gasteiger partial charge in [-0.25, -0.2) is 9.59 Å². The van der Waals surface area contributed by atoms with E-state index >= 15 is 0 Å². The minimum atomic E-state index is -1.01. The van der Waals surface area contributed by atoms with Crippen LogP contribution in [0.5, 0.6) is 0 Å². The summed E-state index contributed by atoms with van der Waals surface area (Å²) in [4.78, 5) is 37.9. The topological polar surface area (TPSA) is 90.0 Å². The number of carboxylic acid groups (broad SMARTS) is 1. The van der Waals surface area contributed by atoms with Crippen molar-refractivity contribution >= 4 is 17.9 Å². The van der Waals surface area contributed by atoms with E-state index in [4.69, 9.17) is 5.11 Å². The van der Waals surface area contributed by atoms with Crippen LogP contribution in [-0.4, -0.2) is 66.0 Å². The molecule has 1 unspecified atom stereocenters. The van der Waals surface area contributed by atoms with Crippen LogP contribution in [0.4, 0.5) is 4.79 Å². The number of piperidine rings is 1. The molecule has 0 aliphatic carbocycles. The summed E-state index contributed by atoms with van der Waals surface area (Å²) in [6, 6.07) is -0.884. The lowest BCUT2D eigenvalue weighted by Gasteiger charge is -2.33. The molecule has 2 N–H and O–H groups in total. The van der Waals surface area contributed by atoms with Gasteiger partial charge in [-0.2, -0.15) is 0 Å². The molecule has 20 heavy (non-hydrogen) atoms. The van der Waals surface area contributed by atoms with Gasteiger partial charge in [-0.15, -0.1) is 0 Å². The summed E-state index contributed by atoms with van der Waals surface area (Å²) < 4.78 is 0. The van der Waals surface area contributed by atoms with Crippen molar-refractivity contribution in [2.75, 3.05) is 27.2 Å². The van der Waals surface area contributed by atoms with Crippen molar-refractivity contribution < 1.29 is 19.5 Å². The van der Waals surface area contributed by atoms with E-state index in [9.17, 15) is 14.4 Å². The van der Waals surface area contributed by atoms with Gasteiger partial charge in [0.1, 0.15) is 6.04 Å². The molecule has 0 spiro atoms. The molecule has 7 nitrogen and oxygen atoms in total. The van der Waals surface area contributed by atoms with Gasteiger partial charge in [-0.05, 0) is 19.3 Å². The monoisotopic (exact) mass is 285 g/mol. The molecule has 1 fully saturated rings. The van der Waals surface area contributed by atoms with Crippen molar-refractivity contribution in [3.63, 3.8) is 0 Å². The number of hydrogen-bond acceptors (Lipinski definition) is 3. The summed E-state index contributed by atoms with van der Waals surface area (Å²) in [7, 11) is 3.39. The summed E-state index contributed by atoms with van der Waals surface area (Å²) in [5.41, 5.74) is 0. The van der Waals surface area contributed by atoms with E-state index < -0.39 is 12.0 Å². The van der Waals surface area contributed by atoms with Gasteiger partial charge in [-0.1, -0.05) is 6.92 Å². The number of amides is 3. The molecular weight excluding hydrogens is 262 g/mol. The van der Waals surface area contributed by atoms with E-state index in [2.05, 4.69) is 5.32 Å². The third-order valence-corrected chi connectivity index (χ3v) is 3.54. The number of carbonyl (C=O) groups is 3. The number of hydrogen-bond donors (Lipinski definition) is 2. The van der Waals surface area contributed by atoms with Crippen molar-refractivity contribution in [3.8, 4) is 0 Å². The van der Waals surface area contributed by atoms with Gasteiger partial charge in [-0.3, -0.25) is 4.79 Å². The molecule has 1 aliphatic rings. The highest BCUT2D eigenvalue weighted by Crippen LogP contribution is 2.18. The second kappa shape index (κ2) is 7.12. The zero-order valence-electron chi connectivity index (χ0n) is 12.3. The lowest BCUT2D eigenvalue weighted by molar-refractivity contribution is -0.142. The van der Waals surface area contributed by atoms with Crippen molar-refractivity contribution in [2.24, 2.45) is 5.92 Å². The zero-order chi connectivity index (χ0) is 15.3. The van der Waals surface area contributed by atoms with Crippen LogP contribution in [0.15, 0.2) is 0 Å². The van der Waals surface area contributed by atoms with Gasteiger partial charge < -0.3 is 20.2 Å². The van der Waals surface area contributed by atoms with Crippen LogP contribution in [0.25, 0.3) is 0 Å². The summed E-state index contributed by atoms with van der Waals surface area (Å²) in [6.07, 6.45) is 1.50. The third-order valence-electron chi connectivity index (χ3n) is 3.54. The third kappa shape index (κ3) is 4.11. The predicted octanol–water partition coefficient (Wildman–Crippen LogP) is 0.359. The first kappa shape index (κ1) is 16.3. The maximum Gasteiger partial charge on any atom is 0.326 e. The Hall–Kier alpha value is -1.79. The highest BCUT2D eigenvalue weighted by molar-refractivity contribution is 5.85. The van der Waals surface area contributed by atoms with Gasteiger partial charge in [0.15, 0.2) is 0 Å². The molecule has 0 aromatic carbocycles. The average molecular weight is 285 g/mol. The normalized spacial score (nSPS) is 17.4. The lowest BCUT2D eigenvalue weighted by atomic mass is 9.95. The molecular formula is C13H23N3O4. The Morgan fingerprint density at radius 3 is 2.25 bits per heavy atom. The Morgan fingerprint density at radius 1 is 1.30 bits per heavy atom. The molecule has 7 heteroatoms. The SMILES string of the molecule is CCC(NC(=O)C1CCN(C(=O)N(C)C)CC1)C(=O)O. The fourth-order valence-corrected chi connectivity index (χ4v) is 2.24. The Kier molecular flexibility index (Phi) is 5.79. The van der Waals surface area contributed by atoms with E-state index in [0.29, 0.717) is 32.4 Å². The van der Waals surface area contributed by atoms with Crippen LogP contribution in [0, 0.1) is 5.92 Å². The van der Waals surface area contributed by atoms with Crippen LogP contribution in [0.2, 0.25) is 0 Å². The molecule has 0 aromatic rings. The van der Waals surface area contributed by atoms with E-state index in [-0.39, 0.29) is 17.9 Å². The van der Waals surface area contributed by atoms with Gasteiger partial charge in [0.05, 0.1) is 0 Å². The summed E-state index contributed by atoms with van der Waals surface area (Å²) in [5.74, 6) is -1.45. The first-order chi connectivity index (χ1) is 9.36. The number of nitrogens with one attached hydrogen (secondary N) is 1. The Bertz CT molecular complexity index is 376. The number of rotatable bonds is 4. The van der Waals surface area contributed by atoms with Crippen LogP contribution in [0.1, 0.15) is 26.2 Å². The molecule has 0 radical (unpaired) electrons. The average Bonchev–Trinajstić information content (AvgIpc) is 2.43. The molecule has 0 saturated carbocycles. The Morgan fingerprint density at radius 2 is 1.85 bits per heavy atom. The van der Waals surface area contributed by atoms with Crippen LogP contribution in [0.3, 0.4) is 0 Å². The fourth-order valence-electron chi connectivity index (χ4n) is 2.24. The maximum absolute atomic E-state index is 12.0. The van der Waals surface area contributed by atoms with E-state index in [1.54, 1.807) is 25.9 Å². The summed E-state index contributed by atoms with van der Waals surface area (Å²) >= 11 is 0. The van der Waals surface area contributed by atoms with E-state index in [0.717, 1.165) is 0 Å². The minimum absolute atomic E-state index is 0.0548. The smallest absolute Gasteiger partial charge is 0.326 e. The number of carbonyl (C=O) groups excluding carboxylic acids is 2. The Balaban J connectivity index is 2.47. The molecule has 1 rings (SSSR count). The van der Waals surface area contributed by atoms with Crippen molar-refractivity contribution in [3.05, 3.63) is 0 Å². The van der Waals surface area contributed by atoms with Crippen LogP contribution < -0.4 is 5.32 Å². The van der Waals surface area contributed by atoms with Gasteiger partial charge in [0.25, 0.3) is 0 Å². The first-order valence-electron chi connectivity index (χ1n) is 6.86. The highest BCUT2D eigenvalue weighted by Gasteiger charge is 2.29. The molecule has 0 bridgehead atoms. The molecule has 1 saturated heterocycles. The summed E-state index contributed by atoms with van der Waals surface area (Å²) in [6.45, 7) is 2.77. The van der Waals surface area contributed by atoms with E-state index in [1.165, 1.54) is 4.90 Å². The largest absolute Gasteiger partial charge is 0.480 e. The quantitative estimate of drug-likeness (QED) is 0.780. The number of aliphatic carboxylic acids is 1. The van der Waals surface area contributed by atoms with Crippen LogP contribution >= 0.6 is 0 Å². The van der Waals surface area contributed by atoms with Crippen LogP contribution in [-0.2, 0) is 9.59 Å². The van der Waals surface area contributed by atoms with Crippen molar-refractivity contribution in [2.45, 2.75) is 32.2 Å². The molecule has 3 amide bonds. The molecule has 1 heterocycles. The van der Waals surface area contributed by atoms with Crippen molar-refractivity contribution in [1.29, 1.82) is 0 Å². The fraction of sp³-hybridized carbons (Fsp3) is 0.769. The number of carboxylic acids is 1. The molecule has 114 valence electrons. The second-order valence-electron chi connectivity index (χ2n) is 5.25. The van der Waals surface area contributed by atoms with Crippen molar-refractivity contribution in [1.82, 2.24) is 15.1 Å². The maximum atomic E-state index is 12.0. The molecule has 1 aliphatic heterocycles. The highest BCUT2D eigenvalue weighted by atomic mass is 16.4. The number of likely N-dealkylation sites (tertiary alicyclic amines) is 1. The molecule has 1 atom stereocenters.